The van der Waals surface area contributed by atoms with Crippen LogP contribution in [0.2, 0.25) is 0 Å². The molecule has 6 heterocycles. The normalized spacial score (nSPS) is 11.5. The van der Waals surface area contributed by atoms with Gasteiger partial charge in [0.25, 0.3) is 0 Å². The summed E-state index contributed by atoms with van der Waals surface area (Å²) in [5.41, 5.74) is 13.0. The van der Waals surface area contributed by atoms with E-state index in [2.05, 4.69) is 135 Å². The van der Waals surface area contributed by atoms with E-state index in [4.69, 9.17) is 24.4 Å². The number of fused-ring (bicyclic) bond motifs is 6. The lowest BCUT2D eigenvalue weighted by atomic mass is 10.0. The molecule has 0 bridgehead atoms. The van der Waals surface area contributed by atoms with Crippen LogP contribution < -0.4 is 4.90 Å². The van der Waals surface area contributed by atoms with Gasteiger partial charge in [-0.3, -0.25) is 19.4 Å². The Labute approximate surface area is 396 Å². The molecule has 0 saturated heterocycles. The van der Waals surface area contributed by atoms with E-state index in [1.807, 2.05) is 116 Å². The highest BCUT2D eigenvalue weighted by Crippen LogP contribution is 2.42. The van der Waals surface area contributed by atoms with Gasteiger partial charge in [-0.2, -0.15) is 9.97 Å². The molecule has 9 nitrogen and oxygen atoms in total. The molecule has 7 aromatic carbocycles. The molecular weight excluding hydrogens is 849 g/mol. The SMILES string of the molecule is c1ccc(-c2nc(-c3ccccc3)nc(-n3c4ccccc4c4cc5c(cc43)oc3ccc(-c4ccnc(N(c6cccc(-c7ccccn7)c6)c6cccc(-c7ccccn7)c6)c4)cc35)n2)cc1. The van der Waals surface area contributed by atoms with Crippen molar-refractivity contribution in [3.05, 3.63) is 231 Å². The van der Waals surface area contributed by atoms with Crippen molar-refractivity contribution in [2.75, 3.05) is 4.90 Å². The van der Waals surface area contributed by atoms with Gasteiger partial charge in [-0.25, -0.2) is 9.97 Å². The Bertz CT molecular complexity index is 3880. The first-order valence-electron chi connectivity index (χ1n) is 22.7. The second kappa shape index (κ2) is 16.7. The molecular formula is C60H38N8O. The number of pyridine rings is 3. The minimum Gasteiger partial charge on any atom is -0.456 e. The summed E-state index contributed by atoms with van der Waals surface area (Å²) in [6.07, 6.45) is 5.53. The monoisotopic (exact) mass is 886 g/mol. The maximum Gasteiger partial charge on any atom is 0.238 e. The van der Waals surface area contributed by atoms with E-state index in [0.717, 1.165) is 106 Å². The Balaban J connectivity index is 0.944. The molecule has 0 fully saturated rings. The van der Waals surface area contributed by atoms with Crippen molar-refractivity contribution in [1.82, 2.24) is 34.5 Å². The van der Waals surface area contributed by atoms with E-state index >= 15 is 0 Å². The second-order valence-electron chi connectivity index (χ2n) is 16.8. The van der Waals surface area contributed by atoms with E-state index < -0.39 is 0 Å². The summed E-state index contributed by atoms with van der Waals surface area (Å²) >= 11 is 0. The Morgan fingerprint density at radius 2 is 0.942 bits per heavy atom. The molecule has 0 aliphatic carbocycles. The third-order valence-electron chi connectivity index (χ3n) is 12.6. The van der Waals surface area contributed by atoms with Crippen LogP contribution in [-0.2, 0) is 0 Å². The standard InChI is InChI=1S/C60H38N8O/c1-3-15-39(16-4-1)58-64-59(40-17-5-2-6-18-40)66-60(65-58)68-53-26-8-7-23-47(53)48-37-50-49-35-41(27-28-55(49)69-56(50)38-54(48)68)42-29-32-63-57(36-42)67(45-21-13-19-43(33-45)51-24-9-11-30-61-51)46-22-14-20-44(34-46)52-25-10-12-31-62-52/h1-38H. The molecule has 0 aliphatic rings. The molecule has 0 aliphatic heterocycles. The summed E-state index contributed by atoms with van der Waals surface area (Å²) in [7, 11) is 0. The predicted molar refractivity (Wildman–Crippen MR) is 277 cm³/mol. The van der Waals surface area contributed by atoms with Crippen LogP contribution >= 0.6 is 0 Å². The zero-order chi connectivity index (χ0) is 45.7. The van der Waals surface area contributed by atoms with E-state index in [0.29, 0.717) is 17.6 Å². The number of hydrogen-bond acceptors (Lipinski definition) is 8. The highest BCUT2D eigenvalue weighted by atomic mass is 16.3. The zero-order valence-corrected chi connectivity index (χ0v) is 36.9. The van der Waals surface area contributed by atoms with Crippen molar-refractivity contribution < 1.29 is 4.42 Å². The van der Waals surface area contributed by atoms with Gasteiger partial charge in [0, 0.05) is 79.8 Å². The highest BCUT2D eigenvalue weighted by Gasteiger charge is 2.22. The minimum absolute atomic E-state index is 0.529. The Morgan fingerprint density at radius 3 is 1.59 bits per heavy atom. The Hall–Kier alpha value is -9.60. The third kappa shape index (κ3) is 7.22. The second-order valence-corrected chi connectivity index (χ2v) is 16.8. The van der Waals surface area contributed by atoms with Crippen molar-refractivity contribution in [3.8, 4) is 62.4 Å². The quantitative estimate of drug-likeness (QED) is 0.141. The smallest absolute Gasteiger partial charge is 0.238 e. The van der Waals surface area contributed by atoms with Gasteiger partial charge in [-0.1, -0.05) is 121 Å². The maximum absolute atomic E-state index is 6.70. The van der Waals surface area contributed by atoms with Gasteiger partial charge in [-0.15, -0.1) is 0 Å². The van der Waals surface area contributed by atoms with Crippen LogP contribution in [0, 0.1) is 0 Å². The molecule has 0 spiro atoms. The molecule has 0 atom stereocenters. The van der Waals surface area contributed by atoms with E-state index in [9.17, 15) is 0 Å². The molecule has 13 aromatic rings. The topological polar surface area (TPSA) is 98.7 Å². The largest absolute Gasteiger partial charge is 0.456 e. The van der Waals surface area contributed by atoms with Crippen molar-refractivity contribution >= 4 is 60.9 Å². The predicted octanol–water partition coefficient (Wildman–Crippen LogP) is 14.9. The van der Waals surface area contributed by atoms with Crippen LogP contribution in [0.3, 0.4) is 0 Å². The average Bonchev–Trinajstić information content (AvgIpc) is 3.95. The molecule has 69 heavy (non-hydrogen) atoms. The van der Waals surface area contributed by atoms with Crippen molar-refractivity contribution in [3.63, 3.8) is 0 Å². The lowest BCUT2D eigenvalue weighted by Gasteiger charge is -2.25. The zero-order valence-electron chi connectivity index (χ0n) is 36.9. The summed E-state index contributed by atoms with van der Waals surface area (Å²) in [4.78, 5) is 31.8. The number of aromatic nitrogens is 7. The molecule has 0 N–H and O–H groups in total. The first-order chi connectivity index (χ1) is 34.2. The van der Waals surface area contributed by atoms with Gasteiger partial charge < -0.3 is 4.42 Å². The molecule has 6 aromatic heterocycles. The molecule has 0 saturated carbocycles. The van der Waals surface area contributed by atoms with Crippen molar-refractivity contribution in [1.29, 1.82) is 0 Å². The van der Waals surface area contributed by atoms with Crippen LogP contribution in [0.1, 0.15) is 0 Å². The Kier molecular flexibility index (Phi) is 9.61. The van der Waals surface area contributed by atoms with Crippen molar-refractivity contribution in [2.24, 2.45) is 0 Å². The first-order valence-corrected chi connectivity index (χ1v) is 22.7. The number of anilines is 3. The van der Waals surface area contributed by atoms with Crippen LogP contribution in [0.4, 0.5) is 17.2 Å². The van der Waals surface area contributed by atoms with Gasteiger partial charge in [0.05, 0.1) is 22.4 Å². The number of para-hydroxylation sites is 1. The van der Waals surface area contributed by atoms with Crippen molar-refractivity contribution in [2.45, 2.75) is 0 Å². The number of nitrogens with zero attached hydrogens (tertiary/aromatic N) is 8. The first kappa shape index (κ1) is 39.7. The Morgan fingerprint density at radius 1 is 0.348 bits per heavy atom. The third-order valence-corrected chi connectivity index (χ3v) is 12.6. The van der Waals surface area contributed by atoms with Gasteiger partial charge in [-0.05, 0) is 96.1 Å². The van der Waals surface area contributed by atoms with Gasteiger partial charge in [0.2, 0.25) is 5.95 Å². The molecule has 324 valence electrons. The van der Waals surface area contributed by atoms with Crippen LogP contribution in [0.5, 0.6) is 0 Å². The van der Waals surface area contributed by atoms with Crippen LogP contribution in [0.25, 0.3) is 106 Å². The average molecular weight is 887 g/mol. The van der Waals surface area contributed by atoms with Crippen LogP contribution in [0.15, 0.2) is 235 Å². The van der Waals surface area contributed by atoms with E-state index in [1.54, 1.807) is 0 Å². The summed E-state index contributed by atoms with van der Waals surface area (Å²) in [6, 6.07) is 72.3. The van der Waals surface area contributed by atoms with Gasteiger partial charge in [0.1, 0.15) is 17.0 Å². The molecule has 9 heteroatoms. The fourth-order valence-electron chi connectivity index (χ4n) is 9.34. The maximum atomic E-state index is 6.70. The number of furan rings is 1. The fourth-order valence-corrected chi connectivity index (χ4v) is 9.34. The molecule has 0 radical (unpaired) electrons. The fraction of sp³-hybridized carbons (Fsp3) is 0. The molecule has 13 rings (SSSR count). The molecule has 0 amide bonds. The van der Waals surface area contributed by atoms with Gasteiger partial charge in [0.15, 0.2) is 11.6 Å². The number of rotatable bonds is 9. The molecule has 0 unspecified atom stereocenters. The highest BCUT2D eigenvalue weighted by molar-refractivity contribution is 6.17. The van der Waals surface area contributed by atoms with Crippen LogP contribution in [-0.4, -0.2) is 34.5 Å². The summed E-state index contributed by atoms with van der Waals surface area (Å²) < 4.78 is 8.83. The summed E-state index contributed by atoms with van der Waals surface area (Å²) in [5.74, 6) is 2.49. The van der Waals surface area contributed by atoms with E-state index in [1.165, 1.54) is 0 Å². The summed E-state index contributed by atoms with van der Waals surface area (Å²) in [5, 5.41) is 4.18. The number of hydrogen-bond donors (Lipinski definition) is 0. The van der Waals surface area contributed by atoms with Gasteiger partial charge >= 0.3 is 0 Å². The van der Waals surface area contributed by atoms with E-state index in [-0.39, 0.29) is 0 Å². The lowest BCUT2D eigenvalue weighted by Crippen LogP contribution is -2.12. The minimum atomic E-state index is 0.529. The number of benzene rings is 7. The lowest BCUT2D eigenvalue weighted by molar-refractivity contribution is 0.669. The summed E-state index contributed by atoms with van der Waals surface area (Å²) in [6.45, 7) is 0.